The molecule has 0 radical (unpaired) electrons. The van der Waals surface area contributed by atoms with E-state index in [2.05, 4.69) is 4.72 Å². The Morgan fingerprint density at radius 2 is 1.75 bits per heavy atom. The van der Waals surface area contributed by atoms with Gasteiger partial charge in [-0.1, -0.05) is 43.7 Å². The minimum absolute atomic E-state index is 0.0103. The Morgan fingerprint density at radius 1 is 1.06 bits per heavy atom. The molecule has 1 atom stereocenters. The Labute approximate surface area is 190 Å². The summed E-state index contributed by atoms with van der Waals surface area (Å²) < 4.78 is 33.7. The van der Waals surface area contributed by atoms with E-state index >= 15 is 0 Å². The first kappa shape index (κ1) is 25.7. The highest BCUT2D eigenvalue weighted by Gasteiger charge is 2.27. The molecule has 2 aromatic carbocycles. The Balaban J connectivity index is 2.01. The number of aliphatic hydroxyl groups is 1. The van der Waals surface area contributed by atoms with Crippen LogP contribution >= 0.6 is 0 Å². The fourth-order valence-electron chi connectivity index (χ4n) is 3.27. The van der Waals surface area contributed by atoms with Crippen LogP contribution in [-0.2, 0) is 14.8 Å². The van der Waals surface area contributed by atoms with Gasteiger partial charge in [0.25, 0.3) is 0 Å². The van der Waals surface area contributed by atoms with Crippen molar-refractivity contribution in [2.24, 2.45) is 0 Å². The molecule has 0 heterocycles. The molecule has 174 valence electrons. The average Bonchev–Trinajstić information content (AvgIpc) is 2.78. The molecule has 0 saturated carbocycles. The van der Waals surface area contributed by atoms with E-state index < -0.39 is 21.2 Å². The van der Waals surface area contributed by atoms with Crippen molar-refractivity contribution in [1.82, 2.24) is 4.72 Å². The second-order valence-corrected chi connectivity index (χ2v) is 9.48. The van der Waals surface area contributed by atoms with Gasteiger partial charge in [0, 0.05) is 25.3 Å². The number of rotatable bonds is 14. The van der Waals surface area contributed by atoms with Crippen LogP contribution in [-0.4, -0.2) is 38.4 Å². The number of benzene rings is 2. The molecule has 8 heteroatoms. The molecule has 0 fully saturated rings. The highest BCUT2D eigenvalue weighted by atomic mass is 32.2. The molecule has 1 unspecified atom stereocenters. The molecule has 0 aromatic heterocycles. The third-order valence-electron chi connectivity index (χ3n) is 4.98. The van der Waals surface area contributed by atoms with Crippen molar-refractivity contribution in [3.63, 3.8) is 0 Å². The zero-order valence-corrected chi connectivity index (χ0v) is 19.2. The first-order valence-electron chi connectivity index (χ1n) is 10.9. The number of esters is 1. The van der Waals surface area contributed by atoms with Crippen LogP contribution in [0, 0.1) is 5.41 Å². The fourth-order valence-corrected chi connectivity index (χ4v) is 4.84. The quantitative estimate of drug-likeness (QED) is 0.171. The minimum atomic E-state index is -3.71. The van der Waals surface area contributed by atoms with Gasteiger partial charge in [0.05, 0.1) is 0 Å². The molecule has 32 heavy (non-hydrogen) atoms. The van der Waals surface area contributed by atoms with Crippen LogP contribution in [0.2, 0.25) is 0 Å². The van der Waals surface area contributed by atoms with Crippen LogP contribution in [0.1, 0.15) is 61.8 Å². The summed E-state index contributed by atoms with van der Waals surface area (Å²) in [6, 6.07) is 15.6. The molecular weight excluding hydrogens is 428 g/mol. The normalized spacial score (nSPS) is 12.3. The average molecular weight is 461 g/mol. The Hall–Kier alpha value is -2.55. The van der Waals surface area contributed by atoms with E-state index in [4.69, 9.17) is 15.3 Å². The number of carbonyl (C=O) groups is 1. The lowest BCUT2D eigenvalue weighted by Crippen LogP contribution is -2.30. The van der Waals surface area contributed by atoms with Gasteiger partial charge in [-0.15, -0.1) is 0 Å². The lowest BCUT2D eigenvalue weighted by atomic mass is 10.1. The molecule has 3 N–H and O–H groups in total. The number of unbranched alkanes of at least 4 members (excludes halogenated alkanes) is 1. The standard InChI is InChI=1S/C24H32N2O5S/c1-2-8-22(25)19-11-13-21(14-12-19)31-24(28)16-15-23(20-9-4-3-5-10-20)32(29,30)26-17-6-7-18-27/h3-5,9-14,23,25-27H,2,6-8,15-18H2,1H3. The van der Waals surface area contributed by atoms with Crippen LogP contribution in [0.5, 0.6) is 5.75 Å². The lowest BCUT2D eigenvalue weighted by molar-refractivity contribution is -0.134. The van der Waals surface area contributed by atoms with Gasteiger partial charge in [-0.3, -0.25) is 4.79 Å². The predicted molar refractivity (Wildman–Crippen MR) is 125 cm³/mol. The highest BCUT2D eigenvalue weighted by Crippen LogP contribution is 2.27. The molecule has 2 rings (SSSR count). The van der Waals surface area contributed by atoms with E-state index in [1.807, 2.05) is 6.92 Å². The van der Waals surface area contributed by atoms with E-state index in [0.29, 0.717) is 36.3 Å². The van der Waals surface area contributed by atoms with Crippen LogP contribution in [0.15, 0.2) is 54.6 Å². The maximum Gasteiger partial charge on any atom is 0.311 e. The van der Waals surface area contributed by atoms with Crippen molar-refractivity contribution >= 4 is 21.7 Å². The summed E-state index contributed by atoms with van der Waals surface area (Å²) in [6.45, 7) is 2.25. The molecule has 0 bridgehead atoms. The van der Waals surface area contributed by atoms with E-state index in [9.17, 15) is 13.2 Å². The van der Waals surface area contributed by atoms with E-state index in [1.54, 1.807) is 54.6 Å². The molecule has 0 spiro atoms. The summed E-state index contributed by atoms with van der Waals surface area (Å²) in [4.78, 5) is 12.4. The molecule has 0 aliphatic rings. The van der Waals surface area contributed by atoms with Gasteiger partial charge in [-0.25, -0.2) is 13.1 Å². The van der Waals surface area contributed by atoms with Crippen molar-refractivity contribution in [3.8, 4) is 5.75 Å². The summed E-state index contributed by atoms with van der Waals surface area (Å²) in [5.74, 6) is -0.151. The molecule has 2 aromatic rings. The molecule has 0 aliphatic carbocycles. The van der Waals surface area contributed by atoms with Gasteiger partial charge in [0.15, 0.2) is 0 Å². The van der Waals surface area contributed by atoms with Crippen molar-refractivity contribution in [3.05, 3.63) is 65.7 Å². The van der Waals surface area contributed by atoms with Crippen LogP contribution in [0.4, 0.5) is 0 Å². The maximum atomic E-state index is 12.9. The third-order valence-corrected chi connectivity index (χ3v) is 6.84. The fraction of sp³-hybridized carbons (Fsp3) is 0.417. The number of hydrogen-bond donors (Lipinski definition) is 3. The smallest absolute Gasteiger partial charge is 0.311 e. The summed E-state index contributed by atoms with van der Waals surface area (Å²) in [6.07, 6.45) is 2.63. The number of aliphatic hydroxyl groups excluding tert-OH is 1. The largest absolute Gasteiger partial charge is 0.427 e. The molecular formula is C24H32N2O5S. The molecule has 0 amide bonds. The summed E-state index contributed by atoms with van der Waals surface area (Å²) >= 11 is 0. The topological polar surface area (TPSA) is 117 Å². The van der Waals surface area contributed by atoms with Crippen LogP contribution in [0.25, 0.3) is 0 Å². The first-order chi connectivity index (χ1) is 15.4. The van der Waals surface area contributed by atoms with E-state index in [0.717, 1.165) is 12.0 Å². The zero-order chi connectivity index (χ0) is 23.4. The first-order valence-corrected chi connectivity index (χ1v) is 12.4. The van der Waals surface area contributed by atoms with Gasteiger partial charge in [0.2, 0.25) is 10.0 Å². The van der Waals surface area contributed by atoms with Crippen molar-refractivity contribution in [1.29, 1.82) is 5.41 Å². The number of hydrogen-bond acceptors (Lipinski definition) is 6. The van der Waals surface area contributed by atoms with Gasteiger partial charge < -0.3 is 15.3 Å². The Kier molecular flexibility index (Phi) is 10.5. The summed E-state index contributed by atoms with van der Waals surface area (Å²) in [5, 5.41) is 16.0. The summed E-state index contributed by atoms with van der Waals surface area (Å²) in [5.41, 5.74) is 1.93. The molecule has 0 saturated heterocycles. The number of carbonyl (C=O) groups excluding carboxylic acids is 1. The Morgan fingerprint density at radius 3 is 2.38 bits per heavy atom. The van der Waals surface area contributed by atoms with Gasteiger partial charge in [-0.05, 0) is 61.1 Å². The number of ether oxygens (including phenoxy) is 1. The van der Waals surface area contributed by atoms with Gasteiger partial charge in [0.1, 0.15) is 11.0 Å². The van der Waals surface area contributed by atoms with Crippen molar-refractivity contribution in [2.45, 2.75) is 50.7 Å². The van der Waals surface area contributed by atoms with E-state index in [1.165, 1.54) is 0 Å². The van der Waals surface area contributed by atoms with Crippen LogP contribution in [0.3, 0.4) is 0 Å². The van der Waals surface area contributed by atoms with Gasteiger partial charge in [-0.2, -0.15) is 0 Å². The Bertz CT molecular complexity index is 960. The molecule has 7 nitrogen and oxygen atoms in total. The number of nitrogens with one attached hydrogen (secondary N) is 2. The predicted octanol–water partition coefficient (Wildman–Crippen LogP) is 3.97. The monoisotopic (exact) mass is 460 g/mol. The highest BCUT2D eigenvalue weighted by molar-refractivity contribution is 7.89. The zero-order valence-electron chi connectivity index (χ0n) is 18.4. The minimum Gasteiger partial charge on any atom is -0.427 e. The SMILES string of the molecule is CCCC(=N)c1ccc(OC(=O)CCC(c2ccccc2)S(=O)(=O)NCCCCO)cc1. The number of sulfonamides is 1. The summed E-state index contributed by atoms with van der Waals surface area (Å²) in [7, 11) is -3.71. The second kappa shape index (κ2) is 13.1. The lowest BCUT2D eigenvalue weighted by Gasteiger charge is -2.18. The maximum absolute atomic E-state index is 12.9. The van der Waals surface area contributed by atoms with Crippen LogP contribution < -0.4 is 9.46 Å². The van der Waals surface area contributed by atoms with Crippen molar-refractivity contribution in [2.75, 3.05) is 13.2 Å². The molecule has 0 aliphatic heterocycles. The van der Waals surface area contributed by atoms with Gasteiger partial charge >= 0.3 is 5.97 Å². The van der Waals surface area contributed by atoms with Crippen molar-refractivity contribution < 1.29 is 23.1 Å². The third kappa shape index (κ3) is 8.18. The second-order valence-electron chi connectivity index (χ2n) is 7.54. The van der Waals surface area contributed by atoms with E-state index in [-0.39, 0.29) is 26.0 Å².